The number of hydrogen-bond acceptors (Lipinski definition) is 4. The van der Waals surface area contributed by atoms with Gasteiger partial charge < -0.3 is 15.1 Å². The molecule has 2 heterocycles. The molecule has 24 heavy (non-hydrogen) atoms. The average Bonchev–Trinajstić information content (AvgIpc) is 3.02. The molecule has 126 valence electrons. The molecular weight excluding hydrogens is 310 g/mol. The van der Waals surface area contributed by atoms with Crippen LogP contribution in [0.2, 0.25) is 0 Å². The highest BCUT2D eigenvalue weighted by Gasteiger charge is 2.44. The van der Waals surface area contributed by atoms with E-state index >= 15 is 0 Å². The van der Waals surface area contributed by atoms with Crippen molar-refractivity contribution in [3.05, 3.63) is 36.1 Å². The number of fused-ring (bicyclic) bond motifs is 1. The van der Waals surface area contributed by atoms with Crippen LogP contribution in [0.5, 0.6) is 0 Å². The second kappa shape index (κ2) is 5.67. The van der Waals surface area contributed by atoms with Gasteiger partial charge in [0, 0.05) is 5.39 Å². The van der Waals surface area contributed by atoms with Crippen molar-refractivity contribution in [1.29, 1.82) is 0 Å². The molecule has 0 bridgehead atoms. The Labute approximate surface area is 139 Å². The van der Waals surface area contributed by atoms with Gasteiger partial charge in [0.05, 0.1) is 6.04 Å². The fourth-order valence-corrected chi connectivity index (χ4v) is 2.68. The number of imide groups is 1. The van der Waals surface area contributed by atoms with E-state index in [1.807, 2.05) is 30.3 Å². The zero-order valence-corrected chi connectivity index (χ0v) is 13.8. The summed E-state index contributed by atoms with van der Waals surface area (Å²) in [7, 11) is 0. The number of carbonyl (C=O) groups is 3. The van der Waals surface area contributed by atoms with Crippen molar-refractivity contribution in [2.75, 3.05) is 6.54 Å². The Morgan fingerprint density at radius 3 is 2.67 bits per heavy atom. The van der Waals surface area contributed by atoms with Crippen LogP contribution < -0.4 is 10.6 Å². The van der Waals surface area contributed by atoms with Crippen LogP contribution in [0.4, 0.5) is 4.79 Å². The summed E-state index contributed by atoms with van der Waals surface area (Å²) in [6.45, 7) is 4.66. The number of rotatable bonds is 4. The number of furan rings is 1. The summed E-state index contributed by atoms with van der Waals surface area (Å²) >= 11 is 0. The van der Waals surface area contributed by atoms with Crippen LogP contribution >= 0.6 is 0 Å². The van der Waals surface area contributed by atoms with Crippen LogP contribution in [0.3, 0.4) is 0 Å². The van der Waals surface area contributed by atoms with E-state index in [4.69, 9.17) is 4.42 Å². The lowest BCUT2D eigenvalue weighted by molar-refractivity contribution is -0.134. The molecule has 2 N–H and O–H groups in total. The number of benzene rings is 1. The minimum atomic E-state index is -0.984. The lowest BCUT2D eigenvalue weighted by Crippen LogP contribution is -2.43. The molecule has 0 aliphatic carbocycles. The molecule has 1 aliphatic heterocycles. The van der Waals surface area contributed by atoms with E-state index in [1.165, 1.54) is 0 Å². The van der Waals surface area contributed by atoms with Gasteiger partial charge in [0.1, 0.15) is 23.4 Å². The first kappa shape index (κ1) is 16.0. The number of nitrogens with zero attached hydrogens (tertiary/aromatic N) is 1. The normalized spacial score (nSPS) is 17.9. The van der Waals surface area contributed by atoms with E-state index in [0.717, 1.165) is 15.9 Å². The zero-order valence-electron chi connectivity index (χ0n) is 13.8. The van der Waals surface area contributed by atoms with Crippen LogP contribution in [0, 0.1) is 0 Å². The lowest BCUT2D eigenvalue weighted by Gasteiger charge is -2.17. The largest absolute Gasteiger partial charge is 0.459 e. The third-order valence-electron chi connectivity index (χ3n) is 3.99. The van der Waals surface area contributed by atoms with Gasteiger partial charge >= 0.3 is 6.03 Å². The molecule has 3 rings (SSSR count). The van der Waals surface area contributed by atoms with Crippen molar-refractivity contribution in [3.63, 3.8) is 0 Å². The highest BCUT2D eigenvalue weighted by Crippen LogP contribution is 2.23. The second-order valence-electron chi connectivity index (χ2n) is 6.42. The van der Waals surface area contributed by atoms with Crippen LogP contribution in [-0.2, 0) is 9.59 Å². The Kier molecular flexibility index (Phi) is 3.79. The van der Waals surface area contributed by atoms with Crippen molar-refractivity contribution < 1.29 is 18.8 Å². The van der Waals surface area contributed by atoms with Crippen LogP contribution in [0.1, 0.15) is 32.6 Å². The predicted molar refractivity (Wildman–Crippen MR) is 87.1 cm³/mol. The van der Waals surface area contributed by atoms with Crippen molar-refractivity contribution in [2.24, 2.45) is 0 Å². The van der Waals surface area contributed by atoms with Crippen molar-refractivity contribution in [3.8, 4) is 0 Å². The topological polar surface area (TPSA) is 91.7 Å². The van der Waals surface area contributed by atoms with Gasteiger partial charge in [-0.15, -0.1) is 0 Å². The minimum absolute atomic E-state index is 0.321. The number of carbonyl (C=O) groups excluding carboxylic acids is 3. The van der Waals surface area contributed by atoms with Gasteiger partial charge in [0.25, 0.3) is 5.91 Å². The third kappa shape index (κ3) is 2.84. The molecule has 0 saturated carbocycles. The highest BCUT2D eigenvalue weighted by molar-refractivity contribution is 6.08. The first-order valence-electron chi connectivity index (χ1n) is 7.70. The quantitative estimate of drug-likeness (QED) is 0.839. The van der Waals surface area contributed by atoms with Gasteiger partial charge in [0.2, 0.25) is 5.91 Å². The summed E-state index contributed by atoms with van der Waals surface area (Å²) in [5.74, 6) is -0.231. The van der Waals surface area contributed by atoms with Crippen LogP contribution in [0.25, 0.3) is 11.0 Å². The van der Waals surface area contributed by atoms with Crippen LogP contribution in [0.15, 0.2) is 34.7 Å². The standard InChI is InChI=1S/C17H19N3O4/c1-10(13-8-11-6-4-5-7-12(11)24-13)18-14(21)9-20-15(22)17(2,3)19-16(20)23/h4-8,10H,9H2,1-3H3,(H,18,21)(H,19,23)/t10-/m0/s1. The molecular formula is C17H19N3O4. The van der Waals surface area contributed by atoms with Crippen LogP contribution in [-0.4, -0.2) is 34.8 Å². The Balaban J connectivity index is 1.66. The number of hydrogen-bond donors (Lipinski definition) is 2. The number of amides is 4. The maximum absolute atomic E-state index is 12.2. The maximum atomic E-state index is 12.2. The van der Waals surface area contributed by atoms with Crippen molar-refractivity contribution >= 4 is 28.8 Å². The van der Waals surface area contributed by atoms with E-state index < -0.39 is 23.4 Å². The van der Waals surface area contributed by atoms with Crippen molar-refractivity contribution in [1.82, 2.24) is 15.5 Å². The van der Waals surface area contributed by atoms with E-state index in [-0.39, 0.29) is 12.6 Å². The SMILES string of the molecule is C[C@H](NC(=O)CN1C(=O)NC(C)(C)C1=O)c1cc2ccccc2o1. The molecule has 0 unspecified atom stereocenters. The molecule has 1 aromatic carbocycles. The molecule has 2 aromatic rings. The Hall–Kier alpha value is -2.83. The molecule has 7 nitrogen and oxygen atoms in total. The van der Waals surface area contributed by atoms with Gasteiger partial charge in [0.15, 0.2) is 0 Å². The molecule has 1 saturated heterocycles. The molecule has 4 amide bonds. The molecule has 7 heteroatoms. The Morgan fingerprint density at radius 2 is 2.04 bits per heavy atom. The van der Waals surface area contributed by atoms with E-state index in [0.29, 0.717) is 5.76 Å². The molecule has 1 fully saturated rings. The molecule has 0 radical (unpaired) electrons. The Morgan fingerprint density at radius 1 is 1.33 bits per heavy atom. The summed E-state index contributed by atoms with van der Waals surface area (Å²) < 4.78 is 5.70. The summed E-state index contributed by atoms with van der Waals surface area (Å²) in [4.78, 5) is 37.0. The second-order valence-corrected chi connectivity index (χ2v) is 6.42. The lowest BCUT2D eigenvalue weighted by atomic mass is 10.1. The van der Waals surface area contributed by atoms with E-state index in [1.54, 1.807) is 20.8 Å². The first-order chi connectivity index (χ1) is 11.3. The predicted octanol–water partition coefficient (Wildman–Crippen LogP) is 1.94. The smallest absolute Gasteiger partial charge is 0.325 e. The van der Waals surface area contributed by atoms with Crippen molar-refractivity contribution in [2.45, 2.75) is 32.4 Å². The first-order valence-corrected chi connectivity index (χ1v) is 7.70. The summed E-state index contributed by atoms with van der Waals surface area (Å²) in [5, 5.41) is 6.23. The average molecular weight is 329 g/mol. The number of urea groups is 1. The molecule has 1 aliphatic rings. The summed E-state index contributed by atoms with van der Waals surface area (Å²) in [6.07, 6.45) is 0. The number of nitrogens with one attached hydrogen (secondary N) is 2. The van der Waals surface area contributed by atoms with E-state index in [2.05, 4.69) is 10.6 Å². The molecule has 1 atom stereocenters. The summed E-state index contributed by atoms with van der Waals surface area (Å²) in [5.41, 5.74) is -0.244. The van der Waals surface area contributed by atoms with Gasteiger partial charge in [-0.05, 0) is 32.9 Å². The van der Waals surface area contributed by atoms with E-state index in [9.17, 15) is 14.4 Å². The fraction of sp³-hybridized carbons (Fsp3) is 0.353. The third-order valence-corrected chi connectivity index (χ3v) is 3.99. The number of para-hydroxylation sites is 1. The molecule has 1 aromatic heterocycles. The maximum Gasteiger partial charge on any atom is 0.325 e. The van der Waals surface area contributed by atoms with Gasteiger partial charge in [-0.3, -0.25) is 14.5 Å². The zero-order chi connectivity index (χ0) is 17.5. The monoisotopic (exact) mass is 329 g/mol. The minimum Gasteiger partial charge on any atom is -0.459 e. The van der Waals surface area contributed by atoms with Gasteiger partial charge in [-0.2, -0.15) is 0 Å². The highest BCUT2D eigenvalue weighted by atomic mass is 16.3. The van der Waals surface area contributed by atoms with Gasteiger partial charge in [-0.25, -0.2) is 4.79 Å². The summed E-state index contributed by atoms with van der Waals surface area (Å²) in [6, 6.07) is 8.48. The van der Waals surface area contributed by atoms with Gasteiger partial charge in [-0.1, -0.05) is 18.2 Å². The molecule has 0 spiro atoms. The Bertz CT molecular complexity index is 791. The fourth-order valence-electron chi connectivity index (χ4n) is 2.68.